The second kappa shape index (κ2) is 5.83. The van der Waals surface area contributed by atoms with Crippen molar-refractivity contribution in [3.05, 3.63) is 12.7 Å². The summed E-state index contributed by atoms with van der Waals surface area (Å²) in [6, 6.07) is 0.199. The molecule has 7 heteroatoms. The van der Waals surface area contributed by atoms with Crippen molar-refractivity contribution in [3.8, 4) is 0 Å². The number of carbonyl (C=O) groups excluding carboxylic acids is 2. The van der Waals surface area contributed by atoms with Crippen LogP contribution in [0, 0.1) is 5.92 Å². The highest BCUT2D eigenvalue weighted by Crippen LogP contribution is 2.25. The average molecular weight is 291 g/mol. The Morgan fingerprint density at radius 3 is 2.95 bits per heavy atom. The Labute approximate surface area is 123 Å². The van der Waals surface area contributed by atoms with Gasteiger partial charge < -0.3 is 9.80 Å². The molecule has 2 aliphatic rings. The molecule has 0 aliphatic carbocycles. The first-order valence-electron chi connectivity index (χ1n) is 7.59. The zero-order chi connectivity index (χ0) is 14.8. The van der Waals surface area contributed by atoms with Gasteiger partial charge in [0, 0.05) is 32.6 Å². The number of hydrogen-bond donors (Lipinski definition) is 0. The summed E-state index contributed by atoms with van der Waals surface area (Å²) < 4.78 is 1.83. The summed E-state index contributed by atoms with van der Waals surface area (Å²) in [6.45, 7) is 4.65. The van der Waals surface area contributed by atoms with Crippen LogP contribution in [0.15, 0.2) is 12.7 Å². The summed E-state index contributed by atoms with van der Waals surface area (Å²) in [5.74, 6) is 0.0387. The average Bonchev–Trinajstić information content (AvgIpc) is 3.16. The van der Waals surface area contributed by atoms with Crippen LogP contribution in [0.25, 0.3) is 0 Å². The summed E-state index contributed by atoms with van der Waals surface area (Å²) in [7, 11) is 0. The first-order valence-corrected chi connectivity index (χ1v) is 7.59. The van der Waals surface area contributed by atoms with E-state index in [0.717, 1.165) is 19.4 Å². The molecule has 2 fully saturated rings. The molecule has 3 heterocycles. The normalized spacial score (nSPS) is 26.4. The van der Waals surface area contributed by atoms with Gasteiger partial charge in [0.05, 0.1) is 12.0 Å². The lowest BCUT2D eigenvalue weighted by Gasteiger charge is -2.34. The number of amides is 2. The highest BCUT2D eigenvalue weighted by atomic mass is 16.2. The van der Waals surface area contributed by atoms with Crippen LogP contribution in [0.3, 0.4) is 0 Å². The maximum absolute atomic E-state index is 12.6. The lowest BCUT2D eigenvalue weighted by atomic mass is 10.0. The molecule has 2 unspecified atom stereocenters. The van der Waals surface area contributed by atoms with Crippen molar-refractivity contribution in [2.75, 3.05) is 26.2 Å². The highest BCUT2D eigenvalue weighted by Gasteiger charge is 2.37. The fraction of sp³-hybridized carbons (Fsp3) is 0.714. The van der Waals surface area contributed by atoms with E-state index in [0.29, 0.717) is 26.1 Å². The predicted octanol–water partition coefficient (Wildman–Crippen LogP) is 0.310. The van der Waals surface area contributed by atoms with Crippen molar-refractivity contribution in [1.29, 1.82) is 0 Å². The van der Waals surface area contributed by atoms with Crippen LogP contribution >= 0.6 is 0 Å². The van der Waals surface area contributed by atoms with Crippen LogP contribution in [-0.4, -0.2) is 62.6 Å². The van der Waals surface area contributed by atoms with Crippen molar-refractivity contribution in [2.45, 2.75) is 32.2 Å². The monoisotopic (exact) mass is 291 g/mol. The number of rotatable bonds is 3. The van der Waals surface area contributed by atoms with E-state index < -0.39 is 0 Å². The van der Waals surface area contributed by atoms with E-state index in [2.05, 4.69) is 10.1 Å². The number of likely N-dealkylation sites (tertiary alicyclic amines) is 2. The molecule has 21 heavy (non-hydrogen) atoms. The molecule has 2 saturated heterocycles. The molecule has 1 aromatic rings. The molecule has 0 bridgehead atoms. The molecular formula is C14H21N5O2. The van der Waals surface area contributed by atoms with Gasteiger partial charge in [-0.05, 0) is 19.8 Å². The quantitative estimate of drug-likeness (QED) is 0.803. The molecule has 2 atom stereocenters. The first kappa shape index (κ1) is 14.0. The lowest BCUT2D eigenvalue weighted by molar-refractivity contribution is -0.137. The Morgan fingerprint density at radius 1 is 1.43 bits per heavy atom. The van der Waals surface area contributed by atoms with E-state index in [1.807, 2.05) is 16.5 Å². The van der Waals surface area contributed by atoms with Crippen LogP contribution in [-0.2, 0) is 9.59 Å². The second-order valence-corrected chi connectivity index (χ2v) is 5.79. The van der Waals surface area contributed by atoms with Gasteiger partial charge in [-0.25, -0.2) is 9.67 Å². The Hall–Kier alpha value is -1.92. The second-order valence-electron chi connectivity index (χ2n) is 5.79. The third-order valence-corrected chi connectivity index (χ3v) is 4.46. The molecule has 114 valence electrons. The molecule has 1 aromatic heterocycles. The molecule has 2 aliphatic heterocycles. The Kier molecular flexibility index (Phi) is 3.90. The summed E-state index contributed by atoms with van der Waals surface area (Å²) in [5, 5.41) is 4.17. The highest BCUT2D eigenvalue weighted by molar-refractivity contribution is 5.89. The fourth-order valence-corrected chi connectivity index (χ4v) is 3.28. The predicted molar refractivity (Wildman–Crippen MR) is 75.2 cm³/mol. The third kappa shape index (κ3) is 2.77. The Morgan fingerprint density at radius 2 is 2.29 bits per heavy atom. The lowest BCUT2D eigenvalue weighted by Crippen LogP contribution is -2.44. The zero-order valence-electron chi connectivity index (χ0n) is 12.3. The first-order chi connectivity index (χ1) is 10.2. The minimum atomic E-state index is -0.174. The molecule has 0 saturated carbocycles. The number of piperidine rings is 1. The van der Waals surface area contributed by atoms with Crippen molar-refractivity contribution >= 4 is 11.8 Å². The zero-order valence-corrected chi connectivity index (χ0v) is 12.3. The van der Waals surface area contributed by atoms with Gasteiger partial charge in [0.25, 0.3) is 0 Å². The van der Waals surface area contributed by atoms with Crippen molar-refractivity contribution in [2.24, 2.45) is 5.92 Å². The molecule has 0 N–H and O–H groups in total. The molecule has 0 radical (unpaired) electrons. The van der Waals surface area contributed by atoms with Gasteiger partial charge in [-0.1, -0.05) is 0 Å². The maximum Gasteiger partial charge on any atom is 0.228 e. The summed E-state index contributed by atoms with van der Waals surface area (Å²) in [5.41, 5.74) is 0. The van der Waals surface area contributed by atoms with Crippen LogP contribution in [0.4, 0.5) is 0 Å². The van der Waals surface area contributed by atoms with Crippen molar-refractivity contribution < 1.29 is 9.59 Å². The van der Waals surface area contributed by atoms with Crippen LogP contribution in [0.1, 0.15) is 32.2 Å². The minimum Gasteiger partial charge on any atom is -0.342 e. The SMILES string of the molecule is CCN1CC(C(=O)N2CCCC(n3cncn3)C2)CC1=O. The van der Waals surface area contributed by atoms with Gasteiger partial charge in [-0.2, -0.15) is 5.10 Å². The standard InChI is InChI=1S/C14H21N5O2/c1-2-17-7-11(6-13(17)20)14(21)18-5-3-4-12(8-18)19-10-15-9-16-19/h9-12H,2-8H2,1H3. The van der Waals surface area contributed by atoms with Crippen LogP contribution in [0.2, 0.25) is 0 Å². The molecule has 2 amide bonds. The van der Waals surface area contributed by atoms with Crippen molar-refractivity contribution in [3.63, 3.8) is 0 Å². The fourth-order valence-electron chi connectivity index (χ4n) is 3.28. The number of aromatic nitrogens is 3. The van der Waals surface area contributed by atoms with E-state index in [-0.39, 0.29) is 23.8 Å². The Bertz CT molecular complexity index is 515. The van der Waals surface area contributed by atoms with Gasteiger partial charge in [0.2, 0.25) is 11.8 Å². The molecular weight excluding hydrogens is 270 g/mol. The van der Waals surface area contributed by atoms with E-state index in [1.54, 1.807) is 11.2 Å². The molecule has 0 spiro atoms. The summed E-state index contributed by atoms with van der Waals surface area (Å²) in [6.07, 6.45) is 5.56. The molecule has 7 nitrogen and oxygen atoms in total. The minimum absolute atomic E-state index is 0.0979. The summed E-state index contributed by atoms with van der Waals surface area (Å²) in [4.78, 5) is 32.0. The van der Waals surface area contributed by atoms with Gasteiger partial charge >= 0.3 is 0 Å². The maximum atomic E-state index is 12.6. The van der Waals surface area contributed by atoms with Gasteiger partial charge in [-0.3, -0.25) is 9.59 Å². The summed E-state index contributed by atoms with van der Waals surface area (Å²) >= 11 is 0. The third-order valence-electron chi connectivity index (χ3n) is 4.46. The van der Waals surface area contributed by atoms with E-state index in [9.17, 15) is 9.59 Å². The number of nitrogens with zero attached hydrogens (tertiary/aromatic N) is 5. The van der Waals surface area contributed by atoms with E-state index in [4.69, 9.17) is 0 Å². The Balaban J connectivity index is 1.64. The molecule has 3 rings (SSSR count). The topological polar surface area (TPSA) is 71.3 Å². The number of hydrogen-bond acceptors (Lipinski definition) is 4. The van der Waals surface area contributed by atoms with Crippen LogP contribution < -0.4 is 0 Å². The van der Waals surface area contributed by atoms with Crippen molar-refractivity contribution in [1.82, 2.24) is 24.6 Å². The largest absolute Gasteiger partial charge is 0.342 e. The van der Waals surface area contributed by atoms with Gasteiger partial charge in [0.15, 0.2) is 0 Å². The smallest absolute Gasteiger partial charge is 0.228 e. The van der Waals surface area contributed by atoms with E-state index >= 15 is 0 Å². The number of carbonyl (C=O) groups is 2. The van der Waals surface area contributed by atoms with E-state index in [1.165, 1.54) is 6.33 Å². The van der Waals surface area contributed by atoms with Crippen LogP contribution in [0.5, 0.6) is 0 Å². The van der Waals surface area contributed by atoms with Gasteiger partial charge in [0.1, 0.15) is 12.7 Å². The molecule has 0 aromatic carbocycles. The van der Waals surface area contributed by atoms with Gasteiger partial charge in [-0.15, -0.1) is 0 Å².